The molecule has 3 rings (SSSR count). The van der Waals surface area contributed by atoms with E-state index in [4.69, 9.17) is 4.74 Å². The molecule has 0 heterocycles. The van der Waals surface area contributed by atoms with Crippen LogP contribution in [0.5, 0.6) is 5.75 Å². The molecule has 3 aromatic rings. The Kier molecular flexibility index (Phi) is 7.82. The molecule has 6 nitrogen and oxygen atoms in total. The first-order valence-electron chi connectivity index (χ1n) is 10.0. The Morgan fingerprint density at radius 3 is 2.38 bits per heavy atom. The van der Waals surface area contributed by atoms with Crippen LogP contribution in [-0.2, 0) is 10.0 Å². The highest BCUT2D eigenvalue weighted by atomic mass is 32.2. The fourth-order valence-electron chi connectivity index (χ4n) is 2.96. The first-order valence-corrected chi connectivity index (χ1v) is 12.4. The van der Waals surface area contributed by atoms with E-state index in [2.05, 4.69) is 29.6 Å². The van der Waals surface area contributed by atoms with E-state index in [0.29, 0.717) is 29.3 Å². The number of sulfonamides is 1. The molecule has 0 unspecified atom stereocenters. The van der Waals surface area contributed by atoms with Crippen molar-refractivity contribution in [3.05, 3.63) is 83.9 Å². The molecule has 0 aliphatic heterocycles. The van der Waals surface area contributed by atoms with Gasteiger partial charge in [-0.25, -0.2) is 8.42 Å². The van der Waals surface area contributed by atoms with Gasteiger partial charge in [-0.3, -0.25) is 9.10 Å². The van der Waals surface area contributed by atoms with E-state index in [1.54, 1.807) is 55.3 Å². The summed E-state index contributed by atoms with van der Waals surface area (Å²) in [6, 6.07) is 21.0. The van der Waals surface area contributed by atoms with E-state index in [0.717, 1.165) is 4.90 Å². The summed E-state index contributed by atoms with van der Waals surface area (Å²) < 4.78 is 32.4. The number of thioether (sulfide) groups is 1. The molecule has 1 N–H and O–H groups in total. The minimum absolute atomic E-state index is 0.0532. The molecule has 0 bridgehead atoms. The number of anilines is 1. The van der Waals surface area contributed by atoms with Crippen LogP contribution >= 0.6 is 11.8 Å². The molecule has 0 fully saturated rings. The average molecular weight is 471 g/mol. The van der Waals surface area contributed by atoms with Crippen molar-refractivity contribution >= 4 is 33.4 Å². The Hall–Kier alpha value is -2.97. The molecule has 0 atom stereocenters. The van der Waals surface area contributed by atoms with Crippen molar-refractivity contribution in [3.8, 4) is 5.75 Å². The molecule has 1 amide bonds. The second-order valence-electron chi connectivity index (χ2n) is 7.12. The Morgan fingerprint density at radius 1 is 1.03 bits per heavy atom. The van der Waals surface area contributed by atoms with E-state index in [-0.39, 0.29) is 10.8 Å². The summed E-state index contributed by atoms with van der Waals surface area (Å²) in [5.74, 6) is 1.05. The smallest absolute Gasteiger partial charge is 0.264 e. The van der Waals surface area contributed by atoms with Gasteiger partial charge in [0.05, 0.1) is 17.7 Å². The lowest BCUT2D eigenvalue weighted by Crippen LogP contribution is -2.28. The molecular weight excluding hydrogens is 444 g/mol. The summed E-state index contributed by atoms with van der Waals surface area (Å²) >= 11 is 1.65. The molecule has 0 saturated carbocycles. The maximum absolute atomic E-state index is 13.1. The molecule has 0 aliphatic carbocycles. The number of benzene rings is 3. The lowest BCUT2D eigenvalue weighted by Gasteiger charge is -2.20. The maximum atomic E-state index is 13.1. The molecule has 0 radical (unpaired) electrons. The molecular formula is C24H26N2O4S2. The summed E-state index contributed by atoms with van der Waals surface area (Å²) in [6.45, 7) is 2.51. The number of rotatable bonds is 9. The van der Waals surface area contributed by atoms with Crippen LogP contribution in [0.2, 0.25) is 0 Å². The number of nitrogens with one attached hydrogen (secondary N) is 1. The summed E-state index contributed by atoms with van der Waals surface area (Å²) in [4.78, 5) is 13.7. The van der Waals surface area contributed by atoms with E-state index in [1.165, 1.54) is 29.0 Å². The topological polar surface area (TPSA) is 75.7 Å². The number of nitrogens with zero attached hydrogens (tertiary/aromatic N) is 1. The van der Waals surface area contributed by atoms with Crippen molar-refractivity contribution in [1.82, 2.24) is 5.32 Å². The van der Waals surface area contributed by atoms with E-state index in [9.17, 15) is 13.2 Å². The highest BCUT2D eigenvalue weighted by Gasteiger charge is 2.22. The van der Waals surface area contributed by atoms with Gasteiger partial charge in [0.1, 0.15) is 5.75 Å². The predicted molar refractivity (Wildman–Crippen MR) is 129 cm³/mol. The molecule has 0 aliphatic rings. The van der Waals surface area contributed by atoms with Gasteiger partial charge in [-0.15, -0.1) is 11.8 Å². The lowest BCUT2D eigenvalue weighted by atomic mass is 10.2. The van der Waals surface area contributed by atoms with Crippen LogP contribution in [0.25, 0.3) is 0 Å². The fraction of sp³-hybridized carbons (Fsp3) is 0.208. The van der Waals surface area contributed by atoms with Crippen molar-refractivity contribution in [2.24, 2.45) is 0 Å². The minimum atomic E-state index is -3.82. The van der Waals surface area contributed by atoms with Gasteiger partial charge < -0.3 is 10.1 Å². The van der Waals surface area contributed by atoms with Gasteiger partial charge in [-0.2, -0.15) is 0 Å². The molecule has 3 aromatic carbocycles. The first kappa shape index (κ1) is 23.7. The van der Waals surface area contributed by atoms with Crippen molar-refractivity contribution in [2.45, 2.75) is 16.7 Å². The van der Waals surface area contributed by atoms with E-state index < -0.39 is 10.0 Å². The van der Waals surface area contributed by atoms with Crippen LogP contribution in [0.3, 0.4) is 0 Å². The summed E-state index contributed by atoms with van der Waals surface area (Å²) in [5, 5.41) is 2.85. The van der Waals surface area contributed by atoms with Crippen LogP contribution in [-0.4, -0.2) is 40.8 Å². The standard InChI is InChI=1S/C24H26N2O4S2/c1-18-7-13-22(14-8-18)31-16-15-25-24(27)19-5-4-6-23(17-19)32(28,29)26(2)20-9-11-21(30-3)12-10-20/h4-14,17H,15-16H2,1-3H3,(H,25,27). The third-order valence-corrected chi connectivity index (χ3v) is 7.66. The Morgan fingerprint density at radius 2 is 1.72 bits per heavy atom. The second-order valence-corrected chi connectivity index (χ2v) is 10.3. The predicted octanol–water partition coefficient (Wildman–Crippen LogP) is 4.35. The number of carbonyl (C=O) groups is 1. The third kappa shape index (κ3) is 5.83. The number of hydrogen-bond donors (Lipinski definition) is 1. The number of carbonyl (C=O) groups excluding carboxylic acids is 1. The minimum Gasteiger partial charge on any atom is -0.497 e. The normalized spacial score (nSPS) is 11.1. The molecule has 0 aromatic heterocycles. The van der Waals surface area contributed by atoms with Crippen molar-refractivity contribution < 1.29 is 17.9 Å². The Bertz CT molecular complexity index is 1160. The fourth-order valence-corrected chi connectivity index (χ4v) is 4.97. The zero-order chi connectivity index (χ0) is 23.1. The Balaban J connectivity index is 1.63. The van der Waals surface area contributed by atoms with Gasteiger partial charge in [-0.05, 0) is 61.5 Å². The van der Waals surface area contributed by atoms with Crippen molar-refractivity contribution in [3.63, 3.8) is 0 Å². The van der Waals surface area contributed by atoms with Crippen molar-refractivity contribution in [2.75, 3.05) is 30.8 Å². The van der Waals surface area contributed by atoms with E-state index in [1.807, 2.05) is 6.92 Å². The van der Waals surface area contributed by atoms with Gasteiger partial charge in [-0.1, -0.05) is 23.8 Å². The van der Waals surface area contributed by atoms with Crippen LogP contribution in [0, 0.1) is 6.92 Å². The number of hydrogen-bond acceptors (Lipinski definition) is 5. The van der Waals surface area contributed by atoms with Gasteiger partial charge in [0.2, 0.25) is 0 Å². The highest BCUT2D eigenvalue weighted by Crippen LogP contribution is 2.25. The number of ether oxygens (including phenoxy) is 1. The summed E-state index contributed by atoms with van der Waals surface area (Å²) in [7, 11) is -0.797. The van der Waals surface area contributed by atoms with Crippen LogP contribution in [0.4, 0.5) is 5.69 Å². The second kappa shape index (κ2) is 10.6. The average Bonchev–Trinajstić information content (AvgIpc) is 2.82. The van der Waals surface area contributed by atoms with Crippen LogP contribution in [0.15, 0.2) is 82.6 Å². The highest BCUT2D eigenvalue weighted by molar-refractivity contribution is 7.99. The number of amides is 1. The molecule has 32 heavy (non-hydrogen) atoms. The van der Waals surface area contributed by atoms with Crippen molar-refractivity contribution in [1.29, 1.82) is 0 Å². The van der Waals surface area contributed by atoms with Gasteiger partial charge in [0.15, 0.2) is 0 Å². The molecule has 8 heteroatoms. The molecule has 0 saturated heterocycles. The Labute approximate surface area is 193 Å². The number of aryl methyl sites for hydroxylation is 1. The quantitative estimate of drug-likeness (QED) is 0.372. The van der Waals surface area contributed by atoms with Crippen LogP contribution in [0.1, 0.15) is 15.9 Å². The first-order chi connectivity index (χ1) is 15.3. The summed E-state index contributed by atoms with van der Waals surface area (Å²) in [5.41, 5.74) is 2.00. The third-order valence-electron chi connectivity index (χ3n) is 4.87. The SMILES string of the molecule is COc1ccc(N(C)S(=O)(=O)c2cccc(C(=O)NCCSc3ccc(C)cc3)c2)cc1. The monoisotopic (exact) mass is 470 g/mol. The molecule has 0 spiro atoms. The van der Waals surface area contributed by atoms with Crippen LogP contribution < -0.4 is 14.4 Å². The molecule has 168 valence electrons. The zero-order valence-corrected chi connectivity index (χ0v) is 19.9. The number of methoxy groups -OCH3 is 1. The largest absolute Gasteiger partial charge is 0.497 e. The lowest BCUT2D eigenvalue weighted by molar-refractivity contribution is 0.0956. The maximum Gasteiger partial charge on any atom is 0.264 e. The summed E-state index contributed by atoms with van der Waals surface area (Å²) in [6.07, 6.45) is 0. The van der Waals surface area contributed by atoms with Gasteiger partial charge >= 0.3 is 0 Å². The van der Waals surface area contributed by atoms with Gasteiger partial charge in [0.25, 0.3) is 15.9 Å². The van der Waals surface area contributed by atoms with E-state index >= 15 is 0 Å². The van der Waals surface area contributed by atoms with Gasteiger partial charge in [0, 0.05) is 29.8 Å². The zero-order valence-electron chi connectivity index (χ0n) is 18.2.